The Bertz CT molecular complexity index is 1520. The SMILES string of the molecule is CC1=C/C=C\CC/C=C\1CC1CCCN(c2ccc(C(=O)NCCCN3CCCC3=O)cc2NC(=O)c2coc(C3CC3)n2)CC1. The van der Waals surface area contributed by atoms with Crippen molar-refractivity contribution in [2.45, 2.75) is 83.5 Å². The molecule has 3 heterocycles. The van der Waals surface area contributed by atoms with Crippen molar-refractivity contribution < 1.29 is 18.8 Å². The molecule has 1 aromatic carbocycles. The van der Waals surface area contributed by atoms with Crippen molar-refractivity contribution in [1.29, 1.82) is 0 Å². The van der Waals surface area contributed by atoms with E-state index in [4.69, 9.17) is 4.42 Å². The maximum atomic E-state index is 13.4. The zero-order chi connectivity index (χ0) is 31.9. The molecule has 1 atom stereocenters. The van der Waals surface area contributed by atoms with Crippen LogP contribution in [-0.4, -0.2) is 60.3 Å². The van der Waals surface area contributed by atoms with E-state index in [1.165, 1.54) is 17.4 Å². The minimum absolute atomic E-state index is 0.194. The molecule has 9 heteroatoms. The monoisotopic (exact) mass is 625 g/mol. The number of likely N-dealkylation sites (tertiary alicyclic amines) is 1. The minimum atomic E-state index is -0.343. The standard InChI is InChI=1S/C37H47N5O4/c1-26-9-4-2-3-5-11-29(26)23-27-10-6-19-41(22-17-27)33-16-15-30(35(44)38-18-8-21-42-20-7-12-34(42)43)24-31(33)39-36(45)32-25-46-37(40-32)28-13-14-28/h2,4,9,11,15-16,24-25,27-28H,3,5-8,10,12-14,17-23H2,1H3,(H,38,44)(H,39,45)/b4-2-,26-9-,29-11-. The van der Waals surface area contributed by atoms with Crippen LogP contribution in [0.2, 0.25) is 0 Å². The Labute approximate surface area is 272 Å². The lowest BCUT2D eigenvalue weighted by atomic mass is 9.88. The van der Waals surface area contributed by atoms with Crippen LogP contribution in [-0.2, 0) is 4.79 Å². The van der Waals surface area contributed by atoms with Crippen LogP contribution in [0.1, 0.15) is 110 Å². The average molecular weight is 626 g/mol. The number of allylic oxidation sites excluding steroid dienone is 6. The maximum Gasteiger partial charge on any atom is 0.277 e. The van der Waals surface area contributed by atoms with Gasteiger partial charge in [0.2, 0.25) is 5.91 Å². The van der Waals surface area contributed by atoms with Gasteiger partial charge in [-0.2, -0.15) is 0 Å². The van der Waals surface area contributed by atoms with Crippen molar-refractivity contribution >= 4 is 29.1 Å². The number of benzene rings is 1. The highest BCUT2D eigenvalue weighted by Gasteiger charge is 2.30. The van der Waals surface area contributed by atoms with Crippen LogP contribution in [0.3, 0.4) is 0 Å². The van der Waals surface area contributed by atoms with E-state index in [1.54, 1.807) is 6.07 Å². The first kappa shape index (κ1) is 31.8. The summed E-state index contributed by atoms with van der Waals surface area (Å²) >= 11 is 0. The molecule has 1 aromatic heterocycles. The van der Waals surface area contributed by atoms with Crippen molar-refractivity contribution in [3.63, 3.8) is 0 Å². The number of carbonyl (C=O) groups excluding carboxylic acids is 3. The van der Waals surface area contributed by atoms with Crippen LogP contribution in [0, 0.1) is 5.92 Å². The molecule has 4 aliphatic rings. The van der Waals surface area contributed by atoms with Gasteiger partial charge >= 0.3 is 0 Å². The number of rotatable bonds is 11. The molecule has 46 heavy (non-hydrogen) atoms. The van der Waals surface area contributed by atoms with Crippen LogP contribution in [0.15, 0.2) is 64.3 Å². The summed E-state index contributed by atoms with van der Waals surface area (Å²) in [4.78, 5) is 47.1. The van der Waals surface area contributed by atoms with Gasteiger partial charge in [0.25, 0.3) is 11.8 Å². The third-order valence-electron chi connectivity index (χ3n) is 9.66. The summed E-state index contributed by atoms with van der Waals surface area (Å²) in [6, 6.07) is 5.58. The fraction of sp³-hybridized carbons (Fsp3) is 0.514. The van der Waals surface area contributed by atoms with Crippen LogP contribution in [0.5, 0.6) is 0 Å². The highest BCUT2D eigenvalue weighted by molar-refractivity contribution is 6.06. The van der Waals surface area contributed by atoms with Crippen molar-refractivity contribution in [3.05, 3.63) is 77.1 Å². The number of carbonyl (C=O) groups is 3. The van der Waals surface area contributed by atoms with E-state index in [0.29, 0.717) is 54.9 Å². The normalized spacial score (nSPS) is 23.4. The lowest BCUT2D eigenvalue weighted by Gasteiger charge is -2.26. The second kappa shape index (κ2) is 15.0. The molecular weight excluding hydrogens is 578 g/mol. The van der Waals surface area contributed by atoms with Crippen molar-refractivity contribution in [1.82, 2.24) is 15.2 Å². The molecular formula is C37H47N5O4. The Morgan fingerprint density at radius 2 is 1.93 bits per heavy atom. The predicted octanol–water partition coefficient (Wildman–Crippen LogP) is 6.77. The van der Waals surface area contributed by atoms with Crippen molar-refractivity contribution in [2.75, 3.05) is 42.9 Å². The molecule has 0 bridgehead atoms. The first-order valence-electron chi connectivity index (χ1n) is 17.2. The third-order valence-corrected chi connectivity index (χ3v) is 9.66. The molecule has 1 unspecified atom stereocenters. The van der Waals surface area contributed by atoms with Crippen LogP contribution < -0.4 is 15.5 Å². The Kier molecular flexibility index (Phi) is 10.4. The lowest BCUT2D eigenvalue weighted by molar-refractivity contribution is -0.127. The highest BCUT2D eigenvalue weighted by Crippen LogP contribution is 2.39. The Morgan fingerprint density at radius 3 is 2.76 bits per heavy atom. The van der Waals surface area contributed by atoms with Gasteiger partial charge in [0.15, 0.2) is 11.6 Å². The summed E-state index contributed by atoms with van der Waals surface area (Å²) in [7, 11) is 0. The molecule has 2 saturated heterocycles. The van der Waals surface area contributed by atoms with Gasteiger partial charge in [-0.15, -0.1) is 0 Å². The summed E-state index contributed by atoms with van der Waals surface area (Å²) in [5.74, 6) is 1.18. The van der Waals surface area contributed by atoms with E-state index >= 15 is 0 Å². The van der Waals surface area contributed by atoms with Crippen LogP contribution >= 0.6 is 0 Å². The van der Waals surface area contributed by atoms with E-state index in [1.807, 2.05) is 17.0 Å². The molecule has 244 valence electrons. The van der Waals surface area contributed by atoms with Crippen molar-refractivity contribution in [3.8, 4) is 0 Å². The molecule has 0 spiro atoms. The molecule has 0 radical (unpaired) electrons. The van der Waals surface area contributed by atoms with E-state index < -0.39 is 0 Å². The summed E-state index contributed by atoms with van der Waals surface area (Å²) in [5, 5.41) is 6.06. The van der Waals surface area contributed by atoms with Gasteiger partial charge < -0.3 is 24.9 Å². The average Bonchev–Trinajstić information content (AvgIpc) is 3.71. The zero-order valence-corrected chi connectivity index (χ0v) is 27.1. The molecule has 9 nitrogen and oxygen atoms in total. The van der Waals surface area contributed by atoms with E-state index in [0.717, 1.165) is 83.1 Å². The lowest BCUT2D eigenvalue weighted by Crippen LogP contribution is -2.31. The minimum Gasteiger partial charge on any atom is -0.448 e. The van der Waals surface area contributed by atoms with E-state index in [2.05, 4.69) is 51.7 Å². The molecule has 2 aliphatic carbocycles. The van der Waals surface area contributed by atoms with Gasteiger partial charge in [-0.1, -0.05) is 24.3 Å². The van der Waals surface area contributed by atoms with Gasteiger partial charge in [0, 0.05) is 50.6 Å². The van der Waals surface area contributed by atoms with Crippen LogP contribution in [0.25, 0.3) is 0 Å². The van der Waals surface area contributed by atoms with Gasteiger partial charge in [0.05, 0.1) is 11.4 Å². The maximum absolute atomic E-state index is 13.4. The van der Waals surface area contributed by atoms with E-state index in [9.17, 15) is 14.4 Å². The first-order valence-corrected chi connectivity index (χ1v) is 17.2. The highest BCUT2D eigenvalue weighted by atomic mass is 16.3. The molecule has 3 fully saturated rings. The summed E-state index contributed by atoms with van der Waals surface area (Å²) < 4.78 is 5.58. The van der Waals surface area contributed by atoms with E-state index in [-0.39, 0.29) is 23.4 Å². The Hall–Kier alpha value is -4.14. The number of nitrogens with one attached hydrogen (secondary N) is 2. The van der Waals surface area contributed by atoms with Gasteiger partial charge in [-0.25, -0.2) is 4.98 Å². The fourth-order valence-electron chi connectivity index (χ4n) is 6.76. The topological polar surface area (TPSA) is 108 Å². The summed E-state index contributed by atoms with van der Waals surface area (Å²) in [6.07, 6.45) is 21.3. The fourth-order valence-corrected chi connectivity index (χ4v) is 6.76. The van der Waals surface area contributed by atoms with Gasteiger partial charge in [-0.3, -0.25) is 14.4 Å². The second-order valence-corrected chi connectivity index (χ2v) is 13.2. The number of hydrogen-bond acceptors (Lipinski definition) is 6. The molecule has 2 aromatic rings. The Balaban J connectivity index is 1.14. The summed E-state index contributed by atoms with van der Waals surface area (Å²) in [6.45, 7) is 5.90. The summed E-state index contributed by atoms with van der Waals surface area (Å²) in [5.41, 5.74) is 5.07. The largest absolute Gasteiger partial charge is 0.448 e. The Morgan fingerprint density at radius 1 is 1.04 bits per heavy atom. The van der Waals surface area contributed by atoms with Gasteiger partial charge in [0.1, 0.15) is 6.26 Å². The number of anilines is 2. The van der Waals surface area contributed by atoms with Crippen LogP contribution in [0.4, 0.5) is 11.4 Å². The molecule has 6 rings (SSSR count). The third kappa shape index (κ3) is 8.17. The number of hydrogen-bond donors (Lipinski definition) is 2. The number of oxazole rings is 1. The van der Waals surface area contributed by atoms with Gasteiger partial charge in [-0.05, 0) is 106 Å². The first-order chi connectivity index (χ1) is 22.4. The molecule has 3 amide bonds. The van der Waals surface area contributed by atoms with Crippen molar-refractivity contribution in [2.24, 2.45) is 5.92 Å². The second-order valence-electron chi connectivity index (χ2n) is 13.2. The number of aromatic nitrogens is 1. The molecule has 2 N–H and O–H groups in total. The quantitative estimate of drug-likeness (QED) is 0.267. The smallest absolute Gasteiger partial charge is 0.277 e. The number of nitrogens with zero attached hydrogens (tertiary/aromatic N) is 3. The molecule has 1 saturated carbocycles. The predicted molar refractivity (Wildman–Crippen MR) is 180 cm³/mol. The zero-order valence-electron chi connectivity index (χ0n) is 27.1. The number of amides is 3. The molecule has 2 aliphatic heterocycles.